The van der Waals surface area contributed by atoms with E-state index in [-0.39, 0.29) is 29.7 Å². The number of fused-ring (bicyclic) bond motifs is 2. The zero-order valence-electron chi connectivity index (χ0n) is 23.1. The van der Waals surface area contributed by atoms with Crippen molar-refractivity contribution < 1.29 is 19.2 Å². The van der Waals surface area contributed by atoms with Crippen LogP contribution in [-0.4, -0.2) is 46.0 Å². The molecule has 6 nitrogen and oxygen atoms in total. The second-order valence-electron chi connectivity index (χ2n) is 11.9. The molecule has 204 valence electrons. The van der Waals surface area contributed by atoms with Crippen LogP contribution >= 0.6 is 0 Å². The van der Waals surface area contributed by atoms with E-state index in [9.17, 15) is 19.2 Å². The zero-order valence-corrected chi connectivity index (χ0v) is 23.1. The summed E-state index contributed by atoms with van der Waals surface area (Å²) < 4.78 is 0. The van der Waals surface area contributed by atoms with Crippen LogP contribution < -0.4 is 0 Å². The molecule has 2 aliphatic heterocycles. The number of nitrogens with zero attached hydrogens (tertiary/aromatic N) is 2. The first-order valence-corrected chi connectivity index (χ1v) is 15.0. The van der Waals surface area contributed by atoms with Gasteiger partial charge in [0.05, 0.1) is 0 Å². The van der Waals surface area contributed by atoms with Gasteiger partial charge in [-0.1, -0.05) is 63.3 Å². The van der Waals surface area contributed by atoms with Crippen LogP contribution in [-0.2, 0) is 0 Å². The van der Waals surface area contributed by atoms with Crippen molar-refractivity contribution in [3.63, 3.8) is 0 Å². The molecule has 5 aromatic rings. The molecule has 0 N–H and O–H groups in total. The molecule has 1 fully saturated rings. The van der Waals surface area contributed by atoms with E-state index in [0.29, 0.717) is 34.2 Å². The molecule has 1 aliphatic carbocycles. The summed E-state index contributed by atoms with van der Waals surface area (Å²) >= 11 is 0. The Morgan fingerprint density at radius 1 is 0.561 bits per heavy atom. The lowest BCUT2D eigenvalue weighted by atomic mass is 9.81. The van der Waals surface area contributed by atoms with Gasteiger partial charge in [-0.2, -0.15) is 0 Å². The van der Waals surface area contributed by atoms with Gasteiger partial charge in [-0.3, -0.25) is 29.0 Å². The Hall–Kier alpha value is -4.32. The van der Waals surface area contributed by atoms with Crippen LogP contribution in [0.25, 0.3) is 43.1 Å². The van der Waals surface area contributed by atoms with Crippen LogP contribution in [0.1, 0.15) is 99.7 Å². The molecule has 4 amide bonds. The fraction of sp³-hybridized carbons (Fsp3) is 0.314. The van der Waals surface area contributed by atoms with E-state index in [2.05, 4.69) is 6.92 Å². The standard InChI is InChI=1S/C35H30N2O4/c1-2-3-7-18-36-32(38)24-14-10-20-22-12-16-26-31-27(35(41)37(34(26)40)19-8-5-4-6-9-19)17-13-23(29(22)31)21-11-15-25(33(36)39)30(24)28(20)21/h10-17,19H,2-9,18H2,1H3. The van der Waals surface area contributed by atoms with Gasteiger partial charge in [-0.15, -0.1) is 0 Å². The minimum atomic E-state index is -0.239. The monoisotopic (exact) mass is 542 g/mol. The Kier molecular flexibility index (Phi) is 5.28. The van der Waals surface area contributed by atoms with Crippen molar-refractivity contribution in [1.82, 2.24) is 9.80 Å². The van der Waals surface area contributed by atoms with E-state index in [1.807, 2.05) is 48.5 Å². The quantitative estimate of drug-likeness (QED) is 0.100. The predicted molar refractivity (Wildman–Crippen MR) is 160 cm³/mol. The van der Waals surface area contributed by atoms with Crippen molar-refractivity contribution in [2.75, 3.05) is 6.54 Å². The predicted octanol–water partition coefficient (Wildman–Crippen LogP) is 7.45. The molecule has 0 spiro atoms. The molecule has 0 atom stereocenters. The second kappa shape index (κ2) is 8.84. The van der Waals surface area contributed by atoms with E-state index in [1.165, 1.54) is 9.80 Å². The van der Waals surface area contributed by atoms with Gasteiger partial charge in [-0.05, 0) is 75.8 Å². The van der Waals surface area contributed by atoms with Crippen molar-refractivity contribution in [3.8, 4) is 0 Å². The first-order chi connectivity index (χ1) is 20.0. The highest BCUT2D eigenvalue weighted by atomic mass is 16.2. The van der Waals surface area contributed by atoms with Crippen molar-refractivity contribution in [3.05, 3.63) is 70.8 Å². The lowest BCUT2D eigenvalue weighted by Crippen LogP contribution is -2.47. The van der Waals surface area contributed by atoms with E-state index in [4.69, 9.17) is 0 Å². The third-order valence-electron chi connectivity index (χ3n) is 9.68. The summed E-state index contributed by atoms with van der Waals surface area (Å²) in [6, 6.07) is 15.3. The Bertz CT molecular complexity index is 1860. The fourth-order valence-electron chi connectivity index (χ4n) is 7.73. The van der Waals surface area contributed by atoms with Gasteiger partial charge in [0.25, 0.3) is 23.6 Å². The summed E-state index contributed by atoms with van der Waals surface area (Å²) in [7, 11) is 0. The molecule has 6 heteroatoms. The van der Waals surface area contributed by atoms with E-state index < -0.39 is 0 Å². The van der Waals surface area contributed by atoms with Gasteiger partial charge >= 0.3 is 0 Å². The third-order valence-corrected chi connectivity index (χ3v) is 9.68. The van der Waals surface area contributed by atoms with E-state index in [1.54, 1.807) is 0 Å². The minimum absolute atomic E-state index is 0.0484. The maximum absolute atomic E-state index is 13.8. The van der Waals surface area contributed by atoms with Gasteiger partial charge in [0.1, 0.15) is 0 Å². The Morgan fingerprint density at radius 2 is 1.00 bits per heavy atom. The number of carbonyl (C=O) groups is 4. The van der Waals surface area contributed by atoms with E-state index >= 15 is 0 Å². The summed E-state index contributed by atoms with van der Waals surface area (Å²) in [5, 5.41) is 6.91. The molecule has 0 aromatic heterocycles. The summed E-state index contributed by atoms with van der Waals surface area (Å²) in [6.45, 7) is 2.52. The van der Waals surface area contributed by atoms with Crippen molar-refractivity contribution in [2.24, 2.45) is 0 Å². The summed E-state index contributed by atoms with van der Waals surface area (Å²) in [5.41, 5.74) is 2.26. The average Bonchev–Trinajstić information content (AvgIpc) is 3.00. The lowest BCUT2D eigenvalue weighted by molar-refractivity contribution is 0.0501. The molecule has 41 heavy (non-hydrogen) atoms. The largest absolute Gasteiger partial charge is 0.274 e. The molecule has 8 rings (SSSR count). The minimum Gasteiger partial charge on any atom is -0.274 e. The Balaban J connectivity index is 1.37. The molecule has 0 bridgehead atoms. The van der Waals surface area contributed by atoms with Crippen LogP contribution in [0.4, 0.5) is 0 Å². The molecular weight excluding hydrogens is 512 g/mol. The first kappa shape index (κ1) is 24.5. The summed E-state index contributed by atoms with van der Waals surface area (Å²) in [6.07, 6.45) is 7.71. The molecule has 0 unspecified atom stereocenters. The third kappa shape index (κ3) is 3.19. The van der Waals surface area contributed by atoms with Crippen LogP contribution in [0.3, 0.4) is 0 Å². The second-order valence-corrected chi connectivity index (χ2v) is 11.9. The van der Waals surface area contributed by atoms with Gasteiger partial charge in [-0.25, -0.2) is 0 Å². The molecule has 5 aromatic carbocycles. The average molecular weight is 543 g/mol. The highest BCUT2D eigenvalue weighted by Crippen LogP contribution is 2.46. The van der Waals surface area contributed by atoms with Crippen LogP contribution in [0.15, 0.2) is 48.5 Å². The van der Waals surface area contributed by atoms with Gasteiger partial charge in [0, 0.05) is 45.6 Å². The van der Waals surface area contributed by atoms with E-state index in [0.717, 1.165) is 89.1 Å². The van der Waals surface area contributed by atoms with Crippen LogP contribution in [0, 0.1) is 0 Å². The molecule has 1 saturated carbocycles. The number of rotatable bonds is 5. The zero-order chi connectivity index (χ0) is 28.0. The first-order valence-electron chi connectivity index (χ1n) is 15.0. The van der Waals surface area contributed by atoms with Crippen LogP contribution in [0.5, 0.6) is 0 Å². The number of imide groups is 2. The molecule has 0 saturated heterocycles. The van der Waals surface area contributed by atoms with Crippen molar-refractivity contribution in [1.29, 1.82) is 0 Å². The summed E-state index contributed by atoms with van der Waals surface area (Å²) in [4.78, 5) is 57.7. The maximum atomic E-state index is 13.8. The number of carbonyl (C=O) groups excluding carboxylic acids is 4. The van der Waals surface area contributed by atoms with Gasteiger partial charge in [0.2, 0.25) is 0 Å². The number of hydrogen-bond donors (Lipinski definition) is 0. The number of unbranched alkanes of at least 4 members (excludes halogenated alkanes) is 2. The Labute approximate surface area is 237 Å². The number of benzene rings is 5. The molecule has 2 heterocycles. The highest BCUT2D eigenvalue weighted by molar-refractivity contribution is 6.41. The van der Waals surface area contributed by atoms with Gasteiger partial charge in [0.15, 0.2) is 0 Å². The molecular formula is C35H30N2O4. The summed E-state index contributed by atoms with van der Waals surface area (Å²) in [5.74, 6) is -0.878. The Morgan fingerprint density at radius 3 is 1.44 bits per heavy atom. The normalized spacial score (nSPS) is 17.8. The maximum Gasteiger partial charge on any atom is 0.261 e. The SMILES string of the molecule is CCCCCN1C(=O)c2ccc3c4ccc5c6c(ccc(c7ccc(c2c37)C1=O)c64)C(=O)N(C1CCCCC1)C5=O. The fourth-order valence-corrected chi connectivity index (χ4v) is 7.73. The topological polar surface area (TPSA) is 74.8 Å². The number of amides is 4. The lowest BCUT2D eigenvalue weighted by Gasteiger charge is -2.36. The van der Waals surface area contributed by atoms with Gasteiger partial charge < -0.3 is 0 Å². The van der Waals surface area contributed by atoms with Crippen molar-refractivity contribution in [2.45, 2.75) is 64.3 Å². The molecule has 0 radical (unpaired) electrons. The molecule has 3 aliphatic rings. The smallest absolute Gasteiger partial charge is 0.261 e. The highest BCUT2D eigenvalue weighted by Gasteiger charge is 2.39. The van der Waals surface area contributed by atoms with Crippen LogP contribution in [0.2, 0.25) is 0 Å². The van der Waals surface area contributed by atoms with Crippen molar-refractivity contribution >= 4 is 66.7 Å². The number of hydrogen-bond acceptors (Lipinski definition) is 4.